The van der Waals surface area contributed by atoms with E-state index >= 15 is 0 Å². The maximum atomic E-state index is 10.6. The molecule has 1 aromatic carbocycles. The number of rotatable bonds is 6. The van der Waals surface area contributed by atoms with Crippen LogP contribution in [0.15, 0.2) is 24.3 Å². The van der Waals surface area contributed by atoms with Crippen molar-refractivity contribution >= 4 is 29.5 Å². The predicted octanol–water partition coefficient (Wildman–Crippen LogP) is 2.91. The first kappa shape index (κ1) is 29.4. The highest BCUT2D eigenvalue weighted by Gasteiger charge is 2.39. The number of carboxylic acids is 1. The number of carboxylic acid groups (broad SMARTS) is 1. The van der Waals surface area contributed by atoms with Gasteiger partial charge in [-0.3, -0.25) is 4.90 Å². The molecule has 3 saturated heterocycles. The van der Waals surface area contributed by atoms with E-state index in [1.807, 2.05) is 12.1 Å². The van der Waals surface area contributed by atoms with Crippen molar-refractivity contribution in [1.29, 1.82) is 0 Å². The van der Waals surface area contributed by atoms with Crippen molar-refractivity contribution in [3.05, 3.63) is 34.9 Å². The maximum absolute atomic E-state index is 10.6. The number of H-pyrrole nitrogens is 1. The molecule has 0 saturated carbocycles. The topological polar surface area (TPSA) is 124 Å². The van der Waals surface area contributed by atoms with E-state index in [1.54, 1.807) is 0 Å². The van der Waals surface area contributed by atoms with Crippen molar-refractivity contribution in [3.8, 4) is 0 Å². The number of aromatic amines is 1. The zero-order chi connectivity index (χ0) is 28.2. The number of anilines is 2. The van der Waals surface area contributed by atoms with Crippen LogP contribution in [0.1, 0.15) is 25.3 Å². The largest absolute Gasteiger partial charge is 0.490 e. The first-order chi connectivity index (χ1) is 18.5. The van der Waals surface area contributed by atoms with Gasteiger partial charge in [-0.15, -0.1) is 5.10 Å². The number of aliphatic carboxylic acids is 1. The quantitative estimate of drug-likeness (QED) is 0.478. The molecule has 4 heterocycles. The third-order valence-electron chi connectivity index (χ3n) is 7.34. The number of carbonyl (C=O) groups is 1. The van der Waals surface area contributed by atoms with Gasteiger partial charge in [-0.05, 0) is 42.9 Å². The van der Waals surface area contributed by atoms with E-state index in [1.165, 1.54) is 18.7 Å². The second-order valence-electron chi connectivity index (χ2n) is 10.5. The lowest BCUT2D eigenvalue weighted by Crippen LogP contribution is -2.60. The van der Waals surface area contributed by atoms with E-state index in [-0.39, 0.29) is 6.10 Å². The summed E-state index contributed by atoms with van der Waals surface area (Å²) in [5.41, 5.74) is 7.04. The number of aromatic nitrogens is 3. The van der Waals surface area contributed by atoms with Gasteiger partial charge in [0.15, 0.2) is 0 Å². The van der Waals surface area contributed by atoms with Gasteiger partial charge in [0.2, 0.25) is 11.9 Å². The molecule has 3 aliphatic heterocycles. The van der Waals surface area contributed by atoms with Gasteiger partial charge < -0.3 is 25.4 Å². The molecule has 216 valence electrons. The number of ether oxygens (including phenoxy) is 1. The minimum atomic E-state index is -5.08. The van der Waals surface area contributed by atoms with Crippen LogP contribution in [0.25, 0.3) is 0 Å². The molecule has 3 fully saturated rings. The van der Waals surface area contributed by atoms with Crippen molar-refractivity contribution in [2.45, 2.75) is 50.6 Å². The zero-order valence-electron chi connectivity index (χ0n) is 21.8. The number of nitrogens with zero attached hydrogens (tertiary/aromatic N) is 5. The number of likely N-dealkylation sites (tertiary alicyclic amines) is 1. The molecule has 14 heteroatoms. The Kier molecular flexibility index (Phi) is 9.57. The molecule has 0 amide bonds. The third-order valence-corrected chi connectivity index (χ3v) is 7.60. The van der Waals surface area contributed by atoms with E-state index in [4.69, 9.17) is 32.0 Å². The number of nitrogens with one attached hydrogen (secondary N) is 1. The van der Waals surface area contributed by atoms with Gasteiger partial charge in [-0.2, -0.15) is 18.2 Å². The summed E-state index contributed by atoms with van der Waals surface area (Å²) >= 11 is 6.10. The Morgan fingerprint density at radius 3 is 2.38 bits per heavy atom. The molecule has 10 nitrogen and oxygen atoms in total. The van der Waals surface area contributed by atoms with Gasteiger partial charge in [0.25, 0.3) is 0 Å². The number of piperidine rings is 1. The van der Waals surface area contributed by atoms with Crippen LogP contribution in [-0.4, -0.2) is 106 Å². The van der Waals surface area contributed by atoms with Crippen LogP contribution in [0.2, 0.25) is 5.02 Å². The highest BCUT2D eigenvalue weighted by molar-refractivity contribution is 6.30. The number of nitrogen functional groups attached to an aromatic ring is 1. The average molecular weight is 574 g/mol. The SMILES string of the molecule is CC1CN(C[C@H]2CN(C3CCN(c4n[nH]c(N)n4)CC3)[C@@H](Cc3ccc(Cl)cc3)CO2)C1.O=C(O)C(F)(F)F. The number of morpholine rings is 1. The van der Waals surface area contributed by atoms with E-state index in [0.717, 1.165) is 63.0 Å². The fraction of sp³-hybridized carbons (Fsp3) is 0.640. The summed E-state index contributed by atoms with van der Waals surface area (Å²) in [6.45, 7) is 9.45. The average Bonchev–Trinajstić information content (AvgIpc) is 3.31. The Morgan fingerprint density at radius 1 is 1.21 bits per heavy atom. The summed E-state index contributed by atoms with van der Waals surface area (Å²) in [5, 5.41) is 14.9. The maximum Gasteiger partial charge on any atom is 0.490 e. The van der Waals surface area contributed by atoms with Crippen LogP contribution >= 0.6 is 11.6 Å². The fourth-order valence-electron chi connectivity index (χ4n) is 5.48. The Labute approximate surface area is 230 Å². The van der Waals surface area contributed by atoms with E-state index in [0.29, 0.717) is 24.0 Å². The molecule has 0 radical (unpaired) electrons. The van der Waals surface area contributed by atoms with Crippen LogP contribution in [-0.2, 0) is 16.0 Å². The summed E-state index contributed by atoms with van der Waals surface area (Å²) in [5.74, 6) is -0.847. The molecule has 1 aromatic heterocycles. The molecule has 39 heavy (non-hydrogen) atoms. The Balaban J connectivity index is 0.000000448. The summed E-state index contributed by atoms with van der Waals surface area (Å²) in [4.78, 5) is 20.7. The molecule has 0 spiro atoms. The summed E-state index contributed by atoms with van der Waals surface area (Å²) in [6, 6.07) is 9.19. The Hall–Kier alpha value is -2.61. The number of hydrogen-bond acceptors (Lipinski definition) is 8. The number of benzene rings is 1. The van der Waals surface area contributed by atoms with Gasteiger partial charge in [-0.1, -0.05) is 30.7 Å². The normalized spacial score (nSPS) is 23.7. The second kappa shape index (κ2) is 12.7. The summed E-state index contributed by atoms with van der Waals surface area (Å²) in [6.07, 6.45) is -1.62. The molecule has 2 atom stereocenters. The summed E-state index contributed by atoms with van der Waals surface area (Å²) in [7, 11) is 0. The first-order valence-corrected chi connectivity index (χ1v) is 13.4. The highest BCUT2D eigenvalue weighted by Crippen LogP contribution is 2.28. The zero-order valence-corrected chi connectivity index (χ0v) is 22.5. The van der Waals surface area contributed by atoms with Crippen LogP contribution in [0, 0.1) is 5.92 Å². The standard InChI is InChI=1S/C23H34ClN7O.C2HF3O2/c1-16-11-29(12-16)13-21-14-31(20(15-32-21)10-17-2-4-18(24)5-3-17)19-6-8-30(9-7-19)23-26-22(25)27-28-23;3-2(4,5)1(6)7/h2-5,16,19-21H,6-15H2,1H3,(H3,25,26,27,28);(H,6,7)/t20-,21-;/m0./s1. The van der Waals surface area contributed by atoms with Gasteiger partial charge in [0, 0.05) is 56.4 Å². The smallest absolute Gasteiger partial charge is 0.475 e. The molecule has 0 aliphatic carbocycles. The van der Waals surface area contributed by atoms with Crippen molar-refractivity contribution in [2.24, 2.45) is 5.92 Å². The monoisotopic (exact) mass is 573 g/mol. The van der Waals surface area contributed by atoms with Gasteiger partial charge in [0.1, 0.15) is 0 Å². The molecular weight excluding hydrogens is 539 g/mol. The number of alkyl halides is 3. The number of nitrogens with two attached hydrogens (primary N) is 1. The van der Waals surface area contributed by atoms with Crippen molar-refractivity contribution in [2.75, 3.05) is 56.5 Å². The van der Waals surface area contributed by atoms with Crippen LogP contribution in [0.4, 0.5) is 25.1 Å². The Bertz CT molecular complexity index is 1070. The molecule has 3 aliphatic rings. The van der Waals surface area contributed by atoms with Gasteiger partial charge in [0.05, 0.1) is 12.7 Å². The second-order valence-corrected chi connectivity index (χ2v) is 10.9. The molecular formula is C25H35ClF3N7O3. The fourth-order valence-corrected chi connectivity index (χ4v) is 5.60. The van der Waals surface area contributed by atoms with Gasteiger partial charge >= 0.3 is 12.1 Å². The molecule has 4 N–H and O–H groups in total. The van der Waals surface area contributed by atoms with E-state index in [9.17, 15) is 13.2 Å². The predicted molar refractivity (Wildman–Crippen MR) is 141 cm³/mol. The number of hydrogen-bond donors (Lipinski definition) is 3. The van der Waals surface area contributed by atoms with Crippen LogP contribution in [0.5, 0.6) is 0 Å². The van der Waals surface area contributed by atoms with E-state index in [2.05, 4.69) is 48.9 Å². The molecule has 0 unspecified atom stereocenters. The number of halogens is 4. The molecule has 5 rings (SSSR count). The minimum Gasteiger partial charge on any atom is -0.475 e. The van der Waals surface area contributed by atoms with Crippen LogP contribution < -0.4 is 10.6 Å². The van der Waals surface area contributed by atoms with E-state index < -0.39 is 12.1 Å². The minimum absolute atomic E-state index is 0.287. The lowest BCUT2D eigenvalue weighted by molar-refractivity contribution is -0.192. The van der Waals surface area contributed by atoms with Crippen molar-refractivity contribution < 1.29 is 27.8 Å². The van der Waals surface area contributed by atoms with Crippen LogP contribution in [0.3, 0.4) is 0 Å². The molecule has 0 bridgehead atoms. The van der Waals surface area contributed by atoms with Gasteiger partial charge in [-0.25, -0.2) is 9.89 Å². The third kappa shape index (κ3) is 8.19. The first-order valence-electron chi connectivity index (χ1n) is 13.0. The summed E-state index contributed by atoms with van der Waals surface area (Å²) < 4.78 is 38.1. The molecule has 2 aromatic rings. The highest BCUT2D eigenvalue weighted by atomic mass is 35.5. The lowest BCUT2D eigenvalue weighted by Gasteiger charge is -2.48. The lowest BCUT2D eigenvalue weighted by atomic mass is 9.95. The van der Waals surface area contributed by atoms with Crippen molar-refractivity contribution in [3.63, 3.8) is 0 Å². The van der Waals surface area contributed by atoms with Crippen molar-refractivity contribution in [1.82, 2.24) is 25.0 Å². The Morgan fingerprint density at radius 2 is 1.85 bits per heavy atom.